The second kappa shape index (κ2) is 9.09. The molecule has 35 heavy (non-hydrogen) atoms. The minimum Gasteiger partial charge on any atom is -0.744 e. The molecule has 13 heteroatoms. The van der Waals surface area contributed by atoms with Crippen LogP contribution in [-0.2, 0) is 25.7 Å². The van der Waals surface area contributed by atoms with Crippen molar-refractivity contribution < 1.29 is 89.8 Å². The van der Waals surface area contributed by atoms with Crippen LogP contribution in [0.25, 0.3) is 10.8 Å². The zero-order chi connectivity index (χ0) is 24.0. The molecule has 0 bridgehead atoms. The van der Waals surface area contributed by atoms with Gasteiger partial charge in [-0.3, -0.25) is 4.99 Å². The molecule has 0 amide bonds. The van der Waals surface area contributed by atoms with Crippen LogP contribution >= 0.6 is 0 Å². The molecule has 1 spiro atoms. The quantitative estimate of drug-likeness (QED) is 0.250. The summed E-state index contributed by atoms with van der Waals surface area (Å²) in [4.78, 5) is 5.14. The van der Waals surface area contributed by atoms with Crippen LogP contribution in [0, 0.1) is 0 Å². The third-order valence-electron chi connectivity index (χ3n) is 6.52. The number of benzene rings is 3. The summed E-state index contributed by atoms with van der Waals surface area (Å²) in [5.74, 6) is -0.217. The largest absolute Gasteiger partial charge is 1.00 e. The summed E-state index contributed by atoms with van der Waals surface area (Å²) in [6.07, 6.45) is 1.56. The van der Waals surface area contributed by atoms with Crippen LogP contribution in [0.15, 0.2) is 63.3 Å². The maximum absolute atomic E-state index is 12.2. The summed E-state index contributed by atoms with van der Waals surface area (Å²) >= 11 is 0. The van der Waals surface area contributed by atoms with E-state index >= 15 is 0 Å². The molecule has 2 aliphatic heterocycles. The first-order chi connectivity index (χ1) is 15.3. The van der Waals surface area contributed by atoms with E-state index in [1.54, 1.807) is 13.3 Å². The number of aliphatic imine (C=N–C) groups is 1. The van der Waals surface area contributed by atoms with E-state index in [2.05, 4.69) is 4.99 Å². The first kappa shape index (κ1) is 28.6. The van der Waals surface area contributed by atoms with Crippen LogP contribution in [0.1, 0.15) is 19.4 Å². The fourth-order valence-electron chi connectivity index (χ4n) is 4.75. The van der Waals surface area contributed by atoms with E-state index in [9.17, 15) is 25.9 Å². The summed E-state index contributed by atoms with van der Waals surface area (Å²) < 4.78 is 77.3. The monoisotopic (exact) mass is 532 g/mol. The predicted octanol–water partition coefficient (Wildman–Crippen LogP) is -3.13. The maximum Gasteiger partial charge on any atom is 1.00 e. The Balaban J connectivity index is 0.00000171. The van der Waals surface area contributed by atoms with Gasteiger partial charge in [0.15, 0.2) is 5.75 Å². The van der Waals surface area contributed by atoms with Crippen molar-refractivity contribution >= 4 is 48.6 Å². The molecule has 2 heterocycles. The molecule has 9 nitrogen and oxygen atoms in total. The molecule has 0 saturated carbocycles. The van der Waals surface area contributed by atoms with Gasteiger partial charge in [0.1, 0.15) is 25.9 Å². The van der Waals surface area contributed by atoms with Crippen molar-refractivity contribution in [2.45, 2.75) is 34.8 Å². The standard InChI is InChI=1S/C22H20N2O7S2.2Na/c1-21(2)16-6-4-5-7-17(16)24(3)22(21)12-23-19-15-9-8-14(32(25,26)27)10-13(15)11-18(20(19)31-22)33(28,29)30;;/h4-12H,1-3H3,(H,25,26,27)(H,28,29,30);;/q;2*+1/p-2. The van der Waals surface area contributed by atoms with Crippen molar-refractivity contribution in [2.24, 2.45) is 4.99 Å². The summed E-state index contributed by atoms with van der Waals surface area (Å²) in [6, 6.07) is 12.1. The minimum atomic E-state index is -5.05. The van der Waals surface area contributed by atoms with Crippen LogP contribution in [0.5, 0.6) is 5.75 Å². The Kier molecular flexibility index (Phi) is 7.42. The zero-order valence-corrected chi connectivity index (χ0v) is 25.4. The zero-order valence-electron chi connectivity index (χ0n) is 19.8. The van der Waals surface area contributed by atoms with Gasteiger partial charge in [-0.15, -0.1) is 0 Å². The SMILES string of the molecule is CN1c2ccccc2C(C)(C)C12C=Nc1c(c(S(=O)(=O)[O-])cc3cc(S(=O)(=O)[O-])ccc13)O2.[Na+].[Na+]. The number of hydrogen-bond donors (Lipinski definition) is 0. The first-order valence-corrected chi connectivity index (χ1v) is 12.7. The van der Waals surface area contributed by atoms with Gasteiger partial charge >= 0.3 is 59.1 Å². The molecule has 1 atom stereocenters. The van der Waals surface area contributed by atoms with Crippen molar-refractivity contribution in [3.63, 3.8) is 0 Å². The number of rotatable bonds is 2. The minimum absolute atomic E-state index is 0. The summed E-state index contributed by atoms with van der Waals surface area (Å²) in [7, 11) is -8.04. The average molecular weight is 533 g/mol. The Morgan fingerprint density at radius 3 is 2.20 bits per heavy atom. The Morgan fingerprint density at radius 2 is 1.60 bits per heavy atom. The number of anilines is 1. The summed E-state index contributed by atoms with van der Waals surface area (Å²) in [6.45, 7) is 3.87. The van der Waals surface area contributed by atoms with Crippen LogP contribution in [0.4, 0.5) is 11.4 Å². The molecule has 0 aliphatic carbocycles. The predicted molar refractivity (Wildman–Crippen MR) is 119 cm³/mol. The molecule has 0 N–H and O–H groups in total. The van der Waals surface area contributed by atoms with Crippen molar-refractivity contribution in [3.8, 4) is 5.75 Å². The van der Waals surface area contributed by atoms with Gasteiger partial charge < -0.3 is 18.7 Å². The van der Waals surface area contributed by atoms with Gasteiger partial charge in [-0.05, 0) is 49.1 Å². The maximum atomic E-state index is 12.2. The topological polar surface area (TPSA) is 139 Å². The molecule has 0 radical (unpaired) electrons. The first-order valence-electron chi connectivity index (χ1n) is 9.87. The van der Waals surface area contributed by atoms with Crippen LogP contribution in [0.2, 0.25) is 0 Å². The number of hydrogen-bond acceptors (Lipinski definition) is 9. The molecule has 172 valence electrons. The van der Waals surface area contributed by atoms with Gasteiger partial charge in [0.2, 0.25) is 5.72 Å². The van der Waals surface area contributed by atoms with E-state index in [0.29, 0.717) is 5.39 Å². The molecule has 1 unspecified atom stereocenters. The van der Waals surface area contributed by atoms with Crippen molar-refractivity contribution in [3.05, 3.63) is 54.1 Å². The van der Waals surface area contributed by atoms with Crippen molar-refractivity contribution in [2.75, 3.05) is 11.9 Å². The fraction of sp³-hybridized carbons (Fsp3) is 0.227. The van der Waals surface area contributed by atoms with E-state index in [1.807, 2.05) is 43.0 Å². The molecule has 2 aliphatic rings. The molecule has 5 rings (SSSR count). The fourth-order valence-corrected chi connectivity index (χ4v) is 5.90. The van der Waals surface area contributed by atoms with Gasteiger partial charge in [0.05, 0.1) is 21.4 Å². The van der Waals surface area contributed by atoms with Crippen LogP contribution in [0.3, 0.4) is 0 Å². The second-order valence-corrected chi connectivity index (χ2v) is 11.3. The van der Waals surface area contributed by atoms with E-state index < -0.39 is 41.2 Å². The number of ether oxygens (including phenoxy) is 1. The number of nitrogens with zero attached hydrogens (tertiary/aromatic N) is 2. The molecule has 0 saturated heterocycles. The molecule has 0 fully saturated rings. The Labute approximate surface area is 247 Å². The molecular weight excluding hydrogens is 514 g/mol. The van der Waals surface area contributed by atoms with Gasteiger partial charge in [0.25, 0.3) is 0 Å². The Bertz CT molecular complexity index is 1610. The Hall–Kier alpha value is -0.990. The number of fused-ring (bicyclic) bond motifs is 4. The summed E-state index contributed by atoms with van der Waals surface area (Å²) in [5, 5.41) is 0.408. The number of para-hydroxylation sites is 1. The molecular formula is C22H18N2Na2O7S2. The van der Waals surface area contributed by atoms with Crippen molar-refractivity contribution in [1.29, 1.82) is 0 Å². The van der Waals surface area contributed by atoms with Gasteiger partial charge in [-0.25, -0.2) is 16.8 Å². The Morgan fingerprint density at radius 1 is 0.943 bits per heavy atom. The molecule has 3 aromatic carbocycles. The third kappa shape index (κ3) is 4.19. The van der Waals surface area contributed by atoms with Crippen molar-refractivity contribution in [1.82, 2.24) is 0 Å². The molecule has 3 aromatic rings. The van der Waals surface area contributed by atoms with E-state index in [-0.39, 0.29) is 75.9 Å². The van der Waals surface area contributed by atoms with E-state index in [1.165, 1.54) is 6.07 Å². The van der Waals surface area contributed by atoms with Crippen LogP contribution < -0.4 is 68.8 Å². The average Bonchev–Trinajstić information content (AvgIpc) is 2.90. The normalized spacial score (nSPS) is 20.0. The van der Waals surface area contributed by atoms with Gasteiger partial charge in [0, 0.05) is 18.1 Å². The molecule has 0 aromatic heterocycles. The van der Waals surface area contributed by atoms with E-state index in [0.717, 1.165) is 29.4 Å². The van der Waals surface area contributed by atoms with E-state index in [4.69, 9.17) is 4.74 Å². The third-order valence-corrected chi connectivity index (χ3v) is 8.19. The van der Waals surface area contributed by atoms with Gasteiger partial charge in [-0.1, -0.05) is 24.3 Å². The smallest absolute Gasteiger partial charge is 0.744 e. The second-order valence-electron chi connectivity index (χ2n) is 8.60. The van der Waals surface area contributed by atoms with Crippen LogP contribution in [-0.4, -0.2) is 44.9 Å². The number of likely N-dealkylation sites (N-methyl/N-ethyl adjacent to an activating group) is 1. The summed E-state index contributed by atoms with van der Waals surface area (Å²) in [5.41, 5.74) is -0.00819. The van der Waals surface area contributed by atoms with Gasteiger partial charge in [-0.2, -0.15) is 0 Å².